The standard InChI is InChI=1S/C17H14N4/c1-11-19-15-6-2-3-8-16(15)21(11)17-13(10-18)9-12-5-4-7-14(12)20-17/h2-3,6,8-9H,4-5,7H2,1H3. The highest BCUT2D eigenvalue weighted by atomic mass is 15.1. The maximum Gasteiger partial charge on any atom is 0.156 e. The van der Waals surface area contributed by atoms with Crippen LogP contribution in [0.5, 0.6) is 0 Å². The lowest BCUT2D eigenvalue weighted by Crippen LogP contribution is -2.06. The second-order valence-electron chi connectivity index (χ2n) is 5.41. The molecule has 4 rings (SSSR count). The summed E-state index contributed by atoms with van der Waals surface area (Å²) in [5.41, 5.74) is 4.90. The summed E-state index contributed by atoms with van der Waals surface area (Å²) in [7, 11) is 0. The lowest BCUT2D eigenvalue weighted by atomic mass is 10.1. The second kappa shape index (κ2) is 4.42. The number of aromatic nitrogens is 3. The van der Waals surface area contributed by atoms with E-state index in [9.17, 15) is 5.26 Å². The van der Waals surface area contributed by atoms with Gasteiger partial charge in [0.1, 0.15) is 11.9 Å². The van der Waals surface area contributed by atoms with Gasteiger partial charge in [0.05, 0.1) is 16.6 Å². The number of benzene rings is 1. The van der Waals surface area contributed by atoms with E-state index in [4.69, 9.17) is 4.98 Å². The quantitative estimate of drug-likeness (QED) is 0.685. The van der Waals surface area contributed by atoms with Crippen molar-refractivity contribution >= 4 is 11.0 Å². The summed E-state index contributed by atoms with van der Waals surface area (Å²) in [6.07, 6.45) is 3.15. The SMILES string of the molecule is Cc1nc2ccccc2n1-c1nc2c(cc1C#N)CCC2. The Morgan fingerprint density at radius 2 is 2.05 bits per heavy atom. The van der Waals surface area contributed by atoms with Gasteiger partial charge >= 0.3 is 0 Å². The molecular weight excluding hydrogens is 260 g/mol. The molecule has 3 aromatic rings. The van der Waals surface area contributed by atoms with Gasteiger partial charge in [0.2, 0.25) is 0 Å². The largest absolute Gasteiger partial charge is 0.279 e. The van der Waals surface area contributed by atoms with Gasteiger partial charge in [-0.15, -0.1) is 0 Å². The number of pyridine rings is 1. The highest BCUT2D eigenvalue weighted by Crippen LogP contribution is 2.27. The van der Waals surface area contributed by atoms with Crippen LogP contribution in [0.15, 0.2) is 30.3 Å². The van der Waals surface area contributed by atoms with Crippen molar-refractivity contribution in [3.05, 3.63) is 53.0 Å². The minimum atomic E-state index is 0.627. The van der Waals surface area contributed by atoms with Crippen LogP contribution in [0.1, 0.15) is 29.1 Å². The van der Waals surface area contributed by atoms with Crippen molar-refractivity contribution in [2.45, 2.75) is 26.2 Å². The summed E-state index contributed by atoms with van der Waals surface area (Å²) in [6.45, 7) is 1.95. The van der Waals surface area contributed by atoms with Crippen LogP contribution in [0.2, 0.25) is 0 Å². The fraction of sp³-hybridized carbons (Fsp3) is 0.235. The van der Waals surface area contributed by atoms with E-state index in [1.807, 2.05) is 41.8 Å². The molecule has 4 nitrogen and oxygen atoms in total. The molecular formula is C17H14N4. The summed E-state index contributed by atoms with van der Waals surface area (Å²) >= 11 is 0. The third kappa shape index (κ3) is 1.74. The molecule has 1 aliphatic rings. The average Bonchev–Trinajstić information content (AvgIpc) is 3.07. The van der Waals surface area contributed by atoms with Gasteiger partial charge in [-0.2, -0.15) is 5.26 Å². The summed E-state index contributed by atoms with van der Waals surface area (Å²) in [5.74, 6) is 1.57. The van der Waals surface area contributed by atoms with Gasteiger partial charge in [0.15, 0.2) is 5.82 Å². The number of hydrogen-bond acceptors (Lipinski definition) is 3. The fourth-order valence-electron chi connectivity index (χ4n) is 3.13. The molecule has 0 amide bonds. The van der Waals surface area contributed by atoms with Gasteiger partial charge in [0, 0.05) is 5.69 Å². The first-order valence-corrected chi connectivity index (χ1v) is 7.15. The van der Waals surface area contributed by atoms with E-state index in [1.54, 1.807) is 0 Å². The number of rotatable bonds is 1. The van der Waals surface area contributed by atoms with Gasteiger partial charge in [-0.1, -0.05) is 12.1 Å². The Labute approximate surface area is 122 Å². The predicted molar refractivity (Wildman–Crippen MR) is 80.3 cm³/mol. The highest BCUT2D eigenvalue weighted by Gasteiger charge is 2.19. The zero-order chi connectivity index (χ0) is 14.4. The van der Waals surface area contributed by atoms with E-state index < -0.39 is 0 Å². The topological polar surface area (TPSA) is 54.5 Å². The molecule has 0 unspecified atom stereocenters. The Morgan fingerprint density at radius 1 is 1.19 bits per heavy atom. The van der Waals surface area contributed by atoms with E-state index in [1.165, 1.54) is 5.56 Å². The smallest absolute Gasteiger partial charge is 0.156 e. The van der Waals surface area contributed by atoms with Crippen molar-refractivity contribution in [3.8, 4) is 11.9 Å². The van der Waals surface area contributed by atoms with E-state index in [2.05, 4.69) is 11.1 Å². The first-order valence-electron chi connectivity index (χ1n) is 7.15. The third-order valence-electron chi connectivity index (χ3n) is 4.09. The van der Waals surface area contributed by atoms with Crippen LogP contribution in [0.3, 0.4) is 0 Å². The number of imidazole rings is 1. The Kier molecular flexibility index (Phi) is 2.55. The van der Waals surface area contributed by atoms with Crippen LogP contribution < -0.4 is 0 Å². The molecule has 21 heavy (non-hydrogen) atoms. The van der Waals surface area contributed by atoms with Gasteiger partial charge in [-0.05, 0) is 49.9 Å². The predicted octanol–water partition coefficient (Wildman–Crippen LogP) is 3.09. The van der Waals surface area contributed by atoms with Crippen LogP contribution in [0, 0.1) is 18.3 Å². The Morgan fingerprint density at radius 3 is 2.90 bits per heavy atom. The van der Waals surface area contributed by atoms with Crippen molar-refractivity contribution in [2.24, 2.45) is 0 Å². The Balaban J connectivity index is 2.05. The Bertz CT molecular complexity index is 899. The molecule has 0 saturated heterocycles. The molecule has 0 aliphatic heterocycles. The van der Waals surface area contributed by atoms with E-state index in [0.29, 0.717) is 11.4 Å². The van der Waals surface area contributed by atoms with Crippen LogP contribution in [-0.2, 0) is 12.8 Å². The molecule has 0 radical (unpaired) electrons. The zero-order valence-corrected chi connectivity index (χ0v) is 11.8. The normalized spacial score (nSPS) is 13.3. The second-order valence-corrected chi connectivity index (χ2v) is 5.41. The molecule has 0 bridgehead atoms. The Hall–Kier alpha value is -2.67. The summed E-state index contributed by atoms with van der Waals surface area (Å²) < 4.78 is 1.99. The van der Waals surface area contributed by atoms with Crippen molar-refractivity contribution in [1.82, 2.24) is 14.5 Å². The van der Waals surface area contributed by atoms with Gasteiger partial charge in [-0.3, -0.25) is 4.57 Å². The molecule has 4 heteroatoms. The maximum absolute atomic E-state index is 9.49. The van der Waals surface area contributed by atoms with Crippen LogP contribution >= 0.6 is 0 Å². The molecule has 0 atom stereocenters. The molecule has 2 heterocycles. The minimum Gasteiger partial charge on any atom is -0.279 e. The van der Waals surface area contributed by atoms with E-state index >= 15 is 0 Å². The first kappa shape index (κ1) is 12.1. The van der Waals surface area contributed by atoms with Crippen molar-refractivity contribution in [1.29, 1.82) is 5.26 Å². The van der Waals surface area contributed by atoms with Crippen molar-refractivity contribution in [3.63, 3.8) is 0 Å². The molecule has 102 valence electrons. The van der Waals surface area contributed by atoms with Gasteiger partial charge in [-0.25, -0.2) is 9.97 Å². The molecule has 1 aliphatic carbocycles. The van der Waals surface area contributed by atoms with Crippen LogP contribution in [-0.4, -0.2) is 14.5 Å². The lowest BCUT2D eigenvalue weighted by Gasteiger charge is -2.10. The van der Waals surface area contributed by atoms with E-state index in [0.717, 1.165) is 41.8 Å². The minimum absolute atomic E-state index is 0.627. The molecule has 2 aromatic heterocycles. The lowest BCUT2D eigenvalue weighted by molar-refractivity contribution is 0.887. The first-order chi connectivity index (χ1) is 10.3. The number of nitriles is 1. The summed E-state index contributed by atoms with van der Waals surface area (Å²) in [4.78, 5) is 9.35. The zero-order valence-electron chi connectivity index (χ0n) is 11.8. The molecule has 0 saturated carbocycles. The highest BCUT2D eigenvalue weighted by molar-refractivity contribution is 5.78. The summed E-state index contributed by atoms with van der Waals surface area (Å²) in [6, 6.07) is 12.3. The third-order valence-corrected chi connectivity index (χ3v) is 4.09. The molecule has 0 spiro atoms. The van der Waals surface area contributed by atoms with Crippen LogP contribution in [0.4, 0.5) is 0 Å². The molecule has 0 N–H and O–H groups in total. The van der Waals surface area contributed by atoms with E-state index in [-0.39, 0.29) is 0 Å². The number of nitrogens with zero attached hydrogens (tertiary/aromatic N) is 4. The number of hydrogen-bond donors (Lipinski definition) is 0. The molecule has 0 fully saturated rings. The average molecular weight is 274 g/mol. The van der Waals surface area contributed by atoms with Gasteiger partial charge in [0.25, 0.3) is 0 Å². The van der Waals surface area contributed by atoms with Crippen molar-refractivity contribution < 1.29 is 0 Å². The van der Waals surface area contributed by atoms with Crippen molar-refractivity contribution in [2.75, 3.05) is 0 Å². The van der Waals surface area contributed by atoms with Gasteiger partial charge < -0.3 is 0 Å². The number of fused-ring (bicyclic) bond motifs is 2. The number of para-hydroxylation sites is 2. The monoisotopic (exact) mass is 274 g/mol. The number of aryl methyl sites for hydroxylation is 3. The summed E-state index contributed by atoms with van der Waals surface area (Å²) in [5, 5.41) is 9.49. The fourth-order valence-corrected chi connectivity index (χ4v) is 3.13. The molecule has 1 aromatic carbocycles. The maximum atomic E-state index is 9.49. The van der Waals surface area contributed by atoms with Crippen LogP contribution in [0.25, 0.3) is 16.9 Å².